The molecule has 0 amide bonds. The van der Waals surface area contributed by atoms with Crippen molar-refractivity contribution in [2.75, 3.05) is 6.54 Å². The Hall–Kier alpha value is -0.470. The lowest BCUT2D eigenvalue weighted by molar-refractivity contribution is 0.955. The van der Waals surface area contributed by atoms with E-state index < -0.39 is 0 Å². The average molecular weight is 167 g/mol. The topological polar surface area (TPSA) is 26.0 Å². The fourth-order valence-corrected chi connectivity index (χ4v) is 1.38. The molecule has 11 heavy (non-hydrogen) atoms. The van der Waals surface area contributed by atoms with E-state index in [2.05, 4.69) is 31.7 Å². The molecule has 1 aromatic carbocycles. The van der Waals surface area contributed by atoms with Gasteiger partial charge in [-0.1, -0.05) is 6.07 Å². The highest BCUT2D eigenvalue weighted by atomic mass is 32.1. The predicted molar refractivity (Wildman–Crippen MR) is 51.2 cm³/mol. The molecule has 0 aromatic heterocycles. The fourth-order valence-electron chi connectivity index (χ4n) is 1.12. The molecule has 1 rings (SSSR count). The van der Waals surface area contributed by atoms with Gasteiger partial charge >= 0.3 is 0 Å². The van der Waals surface area contributed by atoms with Crippen molar-refractivity contribution in [1.29, 1.82) is 0 Å². The van der Waals surface area contributed by atoms with Crippen LogP contribution in [0.3, 0.4) is 0 Å². The first-order valence-electron chi connectivity index (χ1n) is 3.72. The zero-order valence-electron chi connectivity index (χ0n) is 6.67. The van der Waals surface area contributed by atoms with Crippen LogP contribution in [0, 0.1) is 6.92 Å². The van der Waals surface area contributed by atoms with E-state index in [1.54, 1.807) is 0 Å². The lowest BCUT2D eigenvalue weighted by Gasteiger charge is -2.03. The van der Waals surface area contributed by atoms with Crippen LogP contribution in [0.1, 0.15) is 11.1 Å². The number of aryl methyl sites for hydroxylation is 1. The summed E-state index contributed by atoms with van der Waals surface area (Å²) in [5, 5.41) is 0. The highest BCUT2D eigenvalue weighted by Gasteiger charge is 1.95. The molecule has 0 saturated carbocycles. The summed E-state index contributed by atoms with van der Waals surface area (Å²) >= 11 is 4.24. The quantitative estimate of drug-likeness (QED) is 0.645. The molecule has 0 radical (unpaired) electrons. The third-order valence-electron chi connectivity index (χ3n) is 1.74. The minimum absolute atomic E-state index is 0.715. The Morgan fingerprint density at radius 3 is 2.73 bits per heavy atom. The van der Waals surface area contributed by atoms with Crippen LogP contribution in [0.4, 0.5) is 0 Å². The molecular formula is C9H13NS. The summed E-state index contributed by atoms with van der Waals surface area (Å²) in [4.78, 5) is 1.02. The summed E-state index contributed by atoms with van der Waals surface area (Å²) < 4.78 is 0. The van der Waals surface area contributed by atoms with Crippen LogP contribution in [-0.4, -0.2) is 6.54 Å². The van der Waals surface area contributed by atoms with E-state index in [4.69, 9.17) is 5.73 Å². The van der Waals surface area contributed by atoms with Crippen LogP contribution in [0.25, 0.3) is 0 Å². The third kappa shape index (κ3) is 2.24. The maximum atomic E-state index is 5.45. The van der Waals surface area contributed by atoms with Gasteiger partial charge in [0.25, 0.3) is 0 Å². The van der Waals surface area contributed by atoms with Gasteiger partial charge in [-0.3, -0.25) is 0 Å². The van der Waals surface area contributed by atoms with Crippen LogP contribution in [0.5, 0.6) is 0 Å². The van der Waals surface area contributed by atoms with Gasteiger partial charge in [0.05, 0.1) is 0 Å². The maximum absolute atomic E-state index is 5.45. The van der Waals surface area contributed by atoms with Gasteiger partial charge in [-0.2, -0.15) is 0 Å². The van der Waals surface area contributed by atoms with Crippen molar-refractivity contribution in [3.63, 3.8) is 0 Å². The molecule has 0 aliphatic rings. The van der Waals surface area contributed by atoms with Crippen LogP contribution in [0.15, 0.2) is 23.1 Å². The molecule has 0 spiro atoms. The zero-order valence-corrected chi connectivity index (χ0v) is 7.57. The molecule has 1 nitrogen and oxygen atoms in total. The average Bonchev–Trinajstić information content (AvgIpc) is 1.95. The summed E-state index contributed by atoms with van der Waals surface area (Å²) in [6.07, 6.45) is 0.958. The number of benzene rings is 1. The van der Waals surface area contributed by atoms with Crippen LogP contribution < -0.4 is 5.73 Å². The Labute approximate surface area is 73.0 Å². The normalized spacial score (nSPS) is 10.1. The second-order valence-electron chi connectivity index (χ2n) is 2.65. The number of nitrogens with two attached hydrogens (primary N) is 1. The molecule has 0 fully saturated rings. The first-order chi connectivity index (χ1) is 5.24. The van der Waals surface area contributed by atoms with Gasteiger partial charge in [-0.25, -0.2) is 0 Å². The Balaban J connectivity index is 2.90. The lowest BCUT2D eigenvalue weighted by Crippen LogP contribution is -2.03. The van der Waals surface area contributed by atoms with Crippen molar-refractivity contribution in [3.05, 3.63) is 29.3 Å². The van der Waals surface area contributed by atoms with Gasteiger partial charge in [0.1, 0.15) is 0 Å². The van der Waals surface area contributed by atoms with Gasteiger partial charge in [-0.15, -0.1) is 12.6 Å². The molecule has 0 unspecified atom stereocenters. The highest BCUT2D eigenvalue weighted by molar-refractivity contribution is 7.80. The van der Waals surface area contributed by atoms with E-state index in [0.29, 0.717) is 6.54 Å². The van der Waals surface area contributed by atoms with Crippen molar-refractivity contribution < 1.29 is 0 Å². The second-order valence-corrected chi connectivity index (χ2v) is 3.17. The predicted octanol–water partition coefficient (Wildman–Crippen LogP) is 1.78. The van der Waals surface area contributed by atoms with Crippen molar-refractivity contribution in [3.8, 4) is 0 Å². The van der Waals surface area contributed by atoms with Crippen molar-refractivity contribution >= 4 is 12.6 Å². The smallest absolute Gasteiger partial charge is 0.00428 e. The summed E-state index contributed by atoms with van der Waals surface area (Å²) in [6, 6.07) is 6.15. The van der Waals surface area contributed by atoms with Crippen molar-refractivity contribution in [1.82, 2.24) is 0 Å². The number of hydrogen-bond donors (Lipinski definition) is 2. The molecule has 0 atom stereocenters. The maximum Gasteiger partial charge on any atom is 0.00428 e. The van der Waals surface area contributed by atoms with E-state index in [1.165, 1.54) is 11.1 Å². The molecule has 1 aromatic rings. The highest BCUT2D eigenvalue weighted by Crippen LogP contribution is 2.13. The number of rotatable bonds is 2. The van der Waals surface area contributed by atoms with Gasteiger partial charge in [0.15, 0.2) is 0 Å². The molecule has 0 saturated heterocycles. The SMILES string of the molecule is Cc1cc(S)ccc1CCN. The largest absolute Gasteiger partial charge is 0.330 e. The molecule has 2 heteroatoms. The second kappa shape index (κ2) is 3.79. The van der Waals surface area contributed by atoms with Gasteiger partial charge in [-0.05, 0) is 43.1 Å². The first-order valence-corrected chi connectivity index (χ1v) is 4.17. The fraction of sp³-hybridized carbons (Fsp3) is 0.333. The van der Waals surface area contributed by atoms with E-state index in [1.807, 2.05) is 6.07 Å². The Morgan fingerprint density at radius 1 is 1.45 bits per heavy atom. The molecule has 0 heterocycles. The third-order valence-corrected chi connectivity index (χ3v) is 2.02. The summed E-state index contributed by atoms with van der Waals surface area (Å²) in [7, 11) is 0. The van der Waals surface area contributed by atoms with Crippen LogP contribution in [0.2, 0.25) is 0 Å². The minimum Gasteiger partial charge on any atom is -0.330 e. The van der Waals surface area contributed by atoms with Crippen LogP contribution in [-0.2, 0) is 6.42 Å². The van der Waals surface area contributed by atoms with Crippen molar-refractivity contribution in [2.45, 2.75) is 18.2 Å². The summed E-state index contributed by atoms with van der Waals surface area (Å²) in [5.41, 5.74) is 8.05. The molecular weight excluding hydrogens is 154 g/mol. The van der Waals surface area contributed by atoms with Gasteiger partial charge in [0.2, 0.25) is 0 Å². The Kier molecular flexibility index (Phi) is 2.97. The molecule has 0 aliphatic heterocycles. The summed E-state index contributed by atoms with van der Waals surface area (Å²) in [6.45, 7) is 2.80. The standard InChI is InChI=1S/C9H13NS/c1-7-6-9(11)3-2-8(7)4-5-10/h2-3,6,11H,4-5,10H2,1H3. The van der Waals surface area contributed by atoms with E-state index in [-0.39, 0.29) is 0 Å². The number of thiol groups is 1. The Morgan fingerprint density at radius 2 is 2.18 bits per heavy atom. The van der Waals surface area contributed by atoms with Gasteiger partial charge in [0, 0.05) is 4.90 Å². The number of hydrogen-bond acceptors (Lipinski definition) is 2. The Bertz CT molecular complexity index is 245. The van der Waals surface area contributed by atoms with Gasteiger partial charge < -0.3 is 5.73 Å². The van der Waals surface area contributed by atoms with Crippen molar-refractivity contribution in [2.24, 2.45) is 5.73 Å². The molecule has 2 N–H and O–H groups in total. The van der Waals surface area contributed by atoms with E-state index >= 15 is 0 Å². The van der Waals surface area contributed by atoms with E-state index in [9.17, 15) is 0 Å². The molecule has 60 valence electrons. The molecule has 0 aliphatic carbocycles. The lowest BCUT2D eigenvalue weighted by atomic mass is 10.1. The monoisotopic (exact) mass is 167 g/mol. The minimum atomic E-state index is 0.715. The zero-order chi connectivity index (χ0) is 8.27. The molecule has 0 bridgehead atoms. The first kappa shape index (κ1) is 8.62. The summed E-state index contributed by atoms with van der Waals surface area (Å²) in [5.74, 6) is 0. The van der Waals surface area contributed by atoms with Crippen LogP contribution >= 0.6 is 12.6 Å². The van der Waals surface area contributed by atoms with E-state index in [0.717, 1.165) is 11.3 Å².